The Bertz CT molecular complexity index is 959. The molecule has 36 heavy (non-hydrogen) atoms. The first-order valence-corrected chi connectivity index (χ1v) is 12.6. The predicted molar refractivity (Wildman–Crippen MR) is 168 cm³/mol. The number of nitrogens with zero attached hydrogens (tertiary/aromatic N) is 3. The number of piperazine rings is 1. The van der Waals surface area contributed by atoms with E-state index in [1.807, 2.05) is 12.1 Å². The van der Waals surface area contributed by atoms with Gasteiger partial charge in [-0.15, -0.1) is 49.6 Å². The molecule has 0 bridgehead atoms. The predicted octanol–water partition coefficient (Wildman–Crippen LogP) is 7.01. The largest absolute Gasteiger partial charge is 0.399 e. The van der Waals surface area contributed by atoms with E-state index in [2.05, 4.69) is 45.7 Å². The first-order chi connectivity index (χ1) is 15.6. The number of nitrogens with two attached hydrogens (primary N) is 2. The van der Waals surface area contributed by atoms with E-state index >= 15 is 0 Å². The zero-order valence-corrected chi connectivity index (χ0v) is 24.8. The van der Waals surface area contributed by atoms with E-state index in [1.165, 1.54) is 106 Å². The maximum atomic E-state index is 6.09. The van der Waals surface area contributed by atoms with E-state index in [0.29, 0.717) is 0 Å². The third-order valence-electron chi connectivity index (χ3n) is 7.12. The molecular formula is C27H45Cl4N5. The minimum absolute atomic E-state index is 0. The number of aromatic nitrogens is 1. The minimum Gasteiger partial charge on any atom is -0.399 e. The summed E-state index contributed by atoms with van der Waals surface area (Å²) in [4.78, 5) is 5.07. The monoisotopic (exact) mass is 579 g/mol. The van der Waals surface area contributed by atoms with Gasteiger partial charge in [0.25, 0.3) is 0 Å². The Morgan fingerprint density at radius 1 is 0.583 bits per heavy atom. The molecule has 4 N–H and O–H groups in total. The van der Waals surface area contributed by atoms with E-state index < -0.39 is 0 Å². The topological polar surface area (TPSA) is 63.5 Å². The van der Waals surface area contributed by atoms with Gasteiger partial charge in [-0.25, -0.2) is 0 Å². The number of fused-ring (bicyclic) bond motifs is 3. The Morgan fingerprint density at radius 3 is 1.47 bits per heavy atom. The molecule has 0 aliphatic carbocycles. The van der Waals surface area contributed by atoms with Gasteiger partial charge >= 0.3 is 0 Å². The Hall–Kier alpha value is -1.08. The van der Waals surface area contributed by atoms with Crippen LogP contribution in [0.3, 0.4) is 0 Å². The molecular weight excluding hydrogens is 536 g/mol. The summed E-state index contributed by atoms with van der Waals surface area (Å²) in [5.41, 5.74) is 16.3. The van der Waals surface area contributed by atoms with Crippen LogP contribution >= 0.6 is 49.6 Å². The van der Waals surface area contributed by atoms with Crippen LogP contribution < -0.4 is 11.5 Å². The van der Waals surface area contributed by atoms with Crippen molar-refractivity contribution in [1.29, 1.82) is 0 Å². The zero-order chi connectivity index (χ0) is 22.3. The lowest BCUT2D eigenvalue weighted by Crippen LogP contribution is -2.44. The fraction of sp³-hybridized carbons (Fsp3) is 0.556. The molecule has 0 saturated carbocycles. The summed E-state index contributed by atoms with van der Waals surface area (Å²) in [6.45, 7) is 7.29. The van der Waals surface area contributed by atoms with E-state index in [4.69, 9.17) is 11.5 Å². The highest BCUT2D eigenvalue weighted by atomic mass is 35.5. The van der Waals surface area contributed by atoms with Crippen molar-refractivity contribution in [3.63, 3.8) is 0 Å². The molecule has 4 rings (SSSR count). The summed E-state index contributed by atoms with van der Waals surface area (Å²) < 4.78 is 2.41. The maximum Gasteiger partial charge on any atom is 0.0512 e. The molecule has 1 aromatic heterocycles. The lowest BCUT2D eigenvalue weighted by molar-refractivity contribution is 0.152. The fourth-order valence-corrected chi connectivity index (χ4v) is 5.11. The Kier molecular flexibility index (Phi) is 16.9. The smallest absolute Gasteiger partial charge is 0.0512 e. The van der Waals surface area contributed by atoms with Gasteiger partial charge < -0.3 is 25.8 Å². The summed E-state index contributed by atoms with van der Waals surface area (Å²) in [5, 5.41) is 2.54. The van der Waals surface area contributed by atoms with Crippen LogP contribution in [0.4, 0.5) is 11.4 Å². The van der Waals surface area contributed by atoms with Crippen molar-refractivity contribution in [2.45, 2.75) is 57.9 Å². The standard InChI is InChI=1S/C27H41N5.4ClH/c1-30-16-18-31(19-17-30)14-8-6-4-2-3-5-7-9-15-32-26-20-22(28)10-12-24(26)25-13-11-23(29)21-27(25)32;;;;/h10-13,20-21H,2-9,14-19,28-29H2,1H3;4*1H. The number of benzene rings is 2. The quantitative estimate of drug-likeness (QED) is 0.189. The Balaban J connectivity index is 0.00000306. The van der Waals surface area contributed by atoms with Gasteiger partial charge in [0, 0.05) is 54.9 Å². The van der Waals surface area contributed by atoms with Gasteiger partial charge in [0.1, 0.15) is 0 Å². The summed E-state index contributed by atoms with van der Waals surface area (Å²) in [6.07, 6.45) is 10.7. The molecule has 1 saturated heterocycles. The average Bonchev–Trinajstić information content (AvgIpc) is 3.08. The van der Waals surface area contributed by atoms with Gasteiger partial charge in [0.15, 0.2) is 0 Å². The normalized spacial score (nSPS) is 14.0. The van der Waals surface area contributed by atoms with E-state index in [1.54, 1.807) is 0 Å². The van der Waals surface area contributed by atoms with Crippen LogP contribution in [-0.2, 0) is 6.54 Å². The molecule has 2 aromatic carbocycles. The molecule has 1 fully saturated rings. The van der Waals surface area contributed by atoms with Crippen molar-refractivity contribution >= 4 is 82.8 Å². The number of nitrogen functional groups attached to an aromatic ring is 2. The third-order valence-corrected chi connectivity index (χ3v) is 7.12. The average molecular weight is 582 g/mol. The lowest BCUT2D eigenvalue weighted by atomic mass is 10.1. The summed E-state index contributed by atoms with van der Waals surface area (Å²) in [5.74, 6) is 0. The Morgan fingerprint density at radius 2 is 1.00 bits per heavy atom. The number of hydrogen-bond acceptors (Lipinski definition) is 4. The highest BCUT2D eigenvalue weighted by molar-refractivity contribution is 6.09. The highest BCUT2D eigenvalue weighted by Gasteiger charge is 2.13. The maximum absolute atomic E-state index is 6.09. The van der Waals surface area contributed by atoms with Crippen molar-refractivity contribution in [1.82, 2.24) is 14.4 Å². The Labute approximate surface area is 241 Å². The second kappa shape index (κ2) is 17.4. The van der Waals surface area contributed by atoms with Crippen LogP contribution in [0.1, 0.15) is 51.4 Å². The van der Waals surface area contributed by atoms with Crippen LogP contribution in [0.5, 0.6) is 0 Å². The number of aryl methyl sites for hydroxylation is 1. The number of likely N-dealkylation sites (N-methyl/N-ethyl adjacent to an activating group) is 1. The highest BCUT2D eigenvalue weighted by Crippen LogP contribution is 2.32. The molecule has 0 spiro atoms. The number of rotatable bonds is 11. The van der Waals surface area contributed by atoms with Gasteiger partial charge in [0.2, 0.25) is 0 Å². The molecule has 0 atom stereocenters. The molecule has 5 nitrogen and oxygen atoms in total. The number of hydrogen-bond donors (Lipinski definition) is 2. The summed E-state index contributed by atoms with van der Waals surface area (Å²) in [7, 11) is 2.23. The van der Waals surface area contributed by atoms with Gasteiger partial charge in [-0.1, -0.05) is 50.7 Å². The van der Waals surface area contributed by atoms with Crippen LogP contribution in [0.2, 0.25) is 0 Å². The molecule has 0 amide bonds. The second-order valence-electron chi connectivity index (χ2n) is 9.68. The third kappa shape index (κ3) is 9.34. The van der Waals surface area contributed by atoms with Gasteiger partial charge in [-0.2, -0.15) is 0 Å². The van der Waals surface area contributed by atoms with Crippen molar-refractivity contribution < 1.29 is 0 Å². The lowest BCUT2D eigenvalue weighted by Gasteiger charge is -2.32. The number of unbranched alkanes of at least 4 members (excludes halogenated alkanes) is 7. The van der Waals surface area contributed by atoms with Crippen LogP contribution in [0, 0.1) is 0 Å². The SMILES string of the molecule is CN1CCN(CCCCCCCCCCn2c3cc(N)ccc3c3ccc(N)cc32)CC1.Cl.Cl.Cl.Cl. The van der Waals surface area contributed by atoms with Crippen molar-refractivity contribution in [3.8, 4) is 0 Å². The molecule has 206 valence electrons. The number of anilines is 2. The van der Waals surface area contributed by atoms with Gasteiger partial charge in [-0.3, -0.25) is 0 Å². The first kappa shape index (κ1) is 34.9. The van der Waals surface area contributed by atoms with Gasteiger partial charge in [-0.05, 0) is 50.7 Å². The molecule has 0 unspecified atom stereocenters. The van der Waals surface area contributed by atoms with E-state index in [0.717, 1.165) is 17.9 Å². The van der Waals surface area contributed by atoms with Gasteiger partial charge in [0.05, 0.1) is 11.0 Å². The molecule has 2 heterocycles. The second-order valence-corrected chi connectivity index (χ2v) is 9.68. The fourth-order valence-electron chi connectivity index (χ4n) is 5.11. The van der Waals surface area contributed by atoms with Crippen LogP contribution in [0.25, 0.3) is 21.8 Å². The van der Waals surface area contributed by atoms with E-state index in [-0.39, 0.29) is 49.6 Å². The molecule has 3 aromatic rings. The molecule has 1 aliphatic heterocycles. The molecule has 9 heteroatoms. The first-order valence-electron chi connectivity index (χ1n) is 12.6. The molecule has 1 aliphatic rings. The number of halogens is 4. The molecule has 0 radical (unpaired) electrons. The zero-order valence-electron chi connectivity index (χ0n) is 21.5. The van der Waals surface area contributed by atoms with Crippen molar-refractivity contribution in [2.75, 3.05) is 51.2 Å². The van der Waals surface area contributed by atoms with Crippen molar-refractivity contribution in [3.05, 3.63) is 36.4 Å². The van der Waals surface area contributed by atoms with E-state index in [9.17, 15) is 0 Å². The minimum atomic E-state index is 0. The summed E-state index contributed by atoms with van der Waals surface area (Å²) >= 11 is 0. The van der Waals surface area contributed by atoms with Crippen LogP contribution in [0.15, 0.2) is 36.4 Å². The van der Waals surface area contributed by atoms with Crippen LogP contribution in [-0.4, -0.2) is 54.1 Å². The van der Waals surface area contributed by atoms with Crippen molar-refractivity contribution in [2.24, 2.45) is 0 Å². The summed E-state index contributed by atoms with van der Waals surface area (Å²) in [6, 6.07) is 12.5.